The first-order chi connectivity index (χ1) is 12.1. The highest BCUT2D eigenvalue weighted by atomic mass is 35.5. The summed E-state index contributed by atoms with van der Waals surface area (Å²) >= 11 is 7.64. The lowest BCUT2D eigenvalue weighted by atomic mass is 10.1. The van der Waals surface area contributed by atoms with Gasteiger partial charge in [0.1, 0.15) is 0 Å². The van der Waals surface area contributed by atoms with Gasteiger partial charge in [-0.05, 0) is 35.8 Å². The van der Waals surface area contributed by atoms with Gasteiger partial charge in [0.2, 0.25) is 5.91 Å². The first-order valence-electron chi connectivity index (χ1n) is 7.84. The standard InChI is InChI=1S/C20H17ClN2OS/c1-14-6-2-3-7-15(14)10-11-19(24)23-20-22-13-17(25-20)12-16-8-4-5-9-18(16)21/h2-11,13H,12H2,1H3,(H,22,23,24). The smallest absolute Gasteiger partial charge is 0.250 e. The highest BCUT2D eigenvalue weighted by Gasteiger charge is 2.07. The van der Waals surface area contributed by atoms with Crippen LogP contribution in [0.25, 0.3) is 6.08 Å². The second-order valence-corrected chi connectivity index (χ2v) is 7.10. The Morgan fingerprint density at radius 3 is 2.76 bits per heavy atom. The van der Waals surface area contributed by atoms with Crippen LogP contribution in [-0.2, 0) is 11.2 Å². The molecule has 1 N–H and O–H groups in total. The van der Waals surface area contributed by atoms with Crippen LogP contribution in [0.5, 0.6) is 0 Å². The van der Waals surface area contributed by atoms with Crippen molar-refractivity contribution in [1.29, 1.82) is 0 Å². The number of carbonyl (C=O) groups excluding carboxylic acids is 1. The minimum Gasteiger partial charge on any atom is -0.298 e. The van der Waals surface area contributed by atoms with Gasteiger partial charge in [-0.25, -0.2) is 4.98 Å². The Labute approximate surface area is 156 Å². The van der Waals surface area contributed by atoms with Gasteiger partial charge >= 0.3 is 0 Å². The number of halogens is 1. The molecule has 1 aromatic heterocycles. The molecular weight excluding hydrogens is 352 g/mol. The molecule has 0 atom stereocenters. The van der Waals surface area contributed by atoms with Crippen LogP contribution < -0.4 is 5.32 Å². The zero-order chi connectivity index (χ0) is 17.6. The Morgan fingerprint density at radius 1 is 1.20 bits per heavy atom. The lowest BCUT2D eigenvalue weighted by Crippen LogP contribution is -2.07. The maximum atomic E-state index is 12.1. The zero-order valence-corrected chi connectivity index (χ0v) is 15.3. The molecule has 0 aliphatic rings. The van der Waals surface area contributed by atoms with E-state index in [1.54, 1.807) is 6.20 Å². The average molecular weight is 369 g/mol. The van der Waals surface area contributed by atoms with E-state index in [2.05, 4.69) is 10.3 Å². The van der Waals surface area contributed by atoms with Crippen molar-refractivity contribution in [3.05, 3.63) is 87.4 Å². The second-order valence-electron chi connectivity index (χ2n) is 5.58. The minimum atomic E-state index is -0.193. The summed E-state index contributed by atoms with van der Waals surface area (Å²) in [5.74, 6) is -0.193. The van der Waals surface area contributed by atoms with Gasteiger partial charge in [0.25, 0.3) is 0 Å². The van der Waals surface area contributed by atoms with Crippen molar-refractivity contribution in [1.82, 2.24) is 4.98 Å². The number of nitrogens with one attached hydrogen (secondary N) is 1. The number of aromatic nitrogens is 1. The van der Waals surface area contributed by atoms with E-state index < -0.39 is 0 Å². The molecule has 1 amide bonds. The number of hydrogen-bond donors (Lipinski definition) is 1. The molecule has 0 saturated heterocycles. The van der Waals surface area contributed by atoms with Crippen LogP contribution in [0, 0.1) is 6.92 Å². The molecule has 1 heterocycles. The molecule has 0 unspecified atom stereocenters. The summed E-state index contributed by atoms with van der Waals surface area (Å²) in [6.07, 6.45) is 5.81. The number of carbonyl (C=O) groups is 1. The third-order valence-electron chi connectivity index (χ3n) is 3.71. The van der Waals surface area contributed by atoms with Crippen molar-refractivity contribution in [3.63, 3.8) is 0 Å². The van der Waals surface area contributed by atoms with E-state index in [9.17, 15) is 4.79 Å². The zero-order valence-electron chi connectivity index (χ0n) is 13.7. The highest BCUT2D eigenvalue weighted by molar-refractivity contribution is 7.15. The molecule has 2 aromatic carbocycles. The van der Waals surface area contributed by atoms with Crippen LogP contribution in [0.4, 0.5) is 5.13 Å². The first kappa shape index (κ1) is 17.4. The number of nitrogens with zero attached hydrogens (tertiary/aromatic N) is 1. The molecular formula is C20H17ClN2OS. The number of aryl methyl sites for hydroxylation is 1. The van der Waals surface area contributed by atoms with E-state index in [0.29, 0.717) is 11.6 Å². The van der Waals surface area contributed by atoms with Gasteiger partial charge in [-0.2, -0.15) is 0 Å². The van der Waals surface area contributed by atoms with Crippen molar-refractivity contribution in [3.8, 4) is 0 Å². The van der Waals surface area contributed by atoms with E-state index in [4.69, 9.17) is 11.6 Å². The molecule has 0 saturated carbocycles. The molecule has 0 aliphatic heterocycles. The van der Waals surface area contributed by atoms with Gasteiger partial charge in [-0.3, -0.25) is 10.1 Å². The van der Waals surface area contributed by atoms with Crippen molar-refractivity contribution in [2.75, 3.05) is 5.32 Å². The van der Waals surface area contributed by atoms with Crippen LogP contribution in [0.2, 0.25) is 5.02 Å². The molecule has 3 aromatic rings. The molecule has 5 heteroatoms. The summed E-state index contributed by atoms with van der Waals surface area (Å²) in [7, 11) is 0. The van der Waals surface area contributed by atoms with E-state index in [-0.39, 0.29) is 5.91 Å². The fourth-order valence-electron chi connectivity index (χ4n) is 2.36. The highest BCUT2D eigenvalue weighted by Crippen LogP contribution is 2.24. The van der Waals surface area contributed by atoms with Crippen LogP contribution in [-0.4, -0.2) is 10.9 Å². The topological polar surface area (TPSA) is 42.0 Å². The van der Waals surface area contributed by atoms with E-state index >= 15 is 0 Å². The minimum absolute atomic E-state index is 0.193. The molecule has 3 nitrogen and oxygen atoms in total. The van der Waals surface area contributed by atoms with E-state index in [0.717, 1.165) is 26.6 Å². The molecule has 0 spiro atoms. The molecule has 126 valence electrons. The molecule has 0 bridgehead atoms. The summed E-state index contributed by atoms with van der Waals surface area (Å²) in [6.45, 7) is 2.01. The van der Waals surface area contributed by atoms with Crippen molar-refractivity contribution < 1.29 is 4.79 Å². The molecule has 25 heavy (non-hydrogen) atoms. The average Bonchev–Trinajstić information content (AvgIpc) is 3.03. The third-order valence-corrected chi connectivity index (χ3v) is 4.99. The van der Waals surface area contributed by atoms with Crippen LogP contribution in [0.3, 0.4) is 0 Å². The fourth-order valence-corrected chi connectivity index (χ4v) is 3.40. The van der Waals surface area contributed by atoms with Gasteiger partial charge in [-0.1, -0.05) is 54.1 Å². The Balaban J connectivity index is 1.62. The van der Waals surface area contributed by atoms with Gasteiger partial charge in [0.15, 0.2) is 5.13 Å². The van der Waals surface area contributed by atoms with Gasteiger partial charge < -0.3 is 0 Å². The van der Waals surface area contributed by atoms with Crippen molar-refractivity contribution in [2.45, 2.75) is 13.3 Å². The van der Waals surface area contributed by atoms with E-state index in [1.807, 2.05) is 61.5 Å². The van der Waals surface area contributed by atoms with E-state index in [1.165, 1.54) is 17.4 Å². The Kier molecular flexibility index (Phi) is 5.64. The molecule has 0 aliphatic carbocycles. The van der Waals surface area contributed by atoms with Crippen molar-refractivity contribution in [2.24, 2.45) is 0 Å². The lowest BCUT2D eigenvalue weighted by molar-refractivity contribution is -0.111. The van der Waals surface area contributed by atoms with Gasteiger partial charge in [0, 0.05) is 28.6 Å². The third kappa shape index (κ3) is 4.78. The second kappa shape index (κ2) is 8.10. The number of anilines is 1. The summed E-state index contributed by atoms with van der Waals surface area (Å²) in [4.78, 5) is 17.4. The summed E-state index contributed by atoms with van der Waals surface area (Å²) in [5, 5.41) is 4.12. The first-order valence-corrected chi connectivity index (χ1v) is 9.04. The van der Waals surface area contributed by atoms with Crippen LogP contribution in [0.15, 0.2) is 60.8 Å². The number of thiazole rings is 1. The number of rotatable bonds is 5. The maximum Gasteiger partial charge on any atom is 0.250 e. The predicted octanol–water partition coefficient (Wildman–Crippen LogP) is 5.35. The molecule has 0 fully saturated rings. The summed E-state index contributed by atoms with van der Waals surface area (Å²) in [6, 6.07) is 15.6. The Morgan fingerprint density at radius 2 is 1.96 bits per heavy atom. The Hall–Kier alpha value is -2.43. The van der Waals surface area contributed by atoms with Crippen molar-refractivity contribution >= 4 is 40.1 Å². The summed E-state index contributed by atoms with van der Waals surface area (Å²) < 4.78 is 0. The van der Waals surface area contributed by atoms with Gasteiger partial charge in [-0.15, -0.1) is 11.3 Å². The number of hydrogen-bond acceptors (Lipinski definition) is 3. The number of amides is 1. The fraction of sp³-hybridized carbons (Fsp3) is 0.100. The number of benzene rings is 2. The molecule has 0 radical (unpaired) electrons. The molecule has 3 rings (SSSR count). The maximum absolute atomic E-state index is 12.1. The monoisotopic (exact) mass is 368 g/mol. The predicted molar refractivity (Wildman–Crippen MR) is 105 cm³/mol. The quantitative estimate of drug-likeness (QED) is 0.617. The summed E-state index contributed by atoms with van der Waals surface area (Å²) in [5.41, 5.74) is 3.20. The lowest BCUT2D eigenvalue weighted by Gasteiger charge is -2.01. The Bertz CT molecular complexity index is 917. The van der Waals surface area contributed by atoms with Gasteiger partial charge in [0.05, 0.1) is 0 Å². The SMILES string of the molecule is Cc1ccccc1C=CC(=O)Nc1ncc(Cc2ccccc2Cl)s1. The largest absolute Gasteiger partial charge is 0.298 e. The van der Waals surface area contributed by atoms with Crippen LogP contribution >= 0.6 is 22.9 Å². The normalized spacial score (nSPS) is 11.0. The van der Waals surface area contributed by atoms with Crippen LogP contribution in [0.1, 0.15) is 21.6 Å².